The van der Waals surface area contributed by atoms with Crippen molar-refractivity contribution in [3.05, 3.63) is 65.7 Å². The summed E-state index contributed by atoms with van der Waals surface area (Å²) in [6.07, 6.45) is 4.09. The van der Waals surface area contributed by atoms with Gasteiger partial charge in [0.15, 0.2) is 18.1 Å². The van der Waals surface area contributed by atoms with Gasteiger partial charge in [-0.15, -0.1) is 0 Å². The van der Waals surface area contributed by atoms with Gasteiger partial charge in [-0.2, -0.15) is 0 Å². The van der Waals surface area contributed by atoms with Crippen LogP contribution in [0, 0.1) is 17.3 Å². The van der Waals surface area contributed by atoms with Crippen LogP contribution in [0.1, 0.15) is 118 Å². The molecule has 0 saturated carbocycles. The standard InChI is InChI=1S/C59H86N6O15/c1-37(2)30-42-54(71)64(12)44(34-79-58(5,6)7)53(70)61-51(38(3)4)55(72)62(10)28-17-16-23-50(68)78-36-59(8,9)52(69)56(73)65-29-18-15-22-43(65)57(74)80-45(26-24-39-25-27-46(75-13)47(31-39)76-14)40-20-19-21-41(32-40)77-35-49(67)63(11)33-48(66)60-42/h16,19-21,23,25,27,31-32,37-38,42-45,51H,15,17-18,22,24,26,28-30,33-36H2,1-14H3,(H,60,66)(H,61,70)/t42-,43+,44+,45-,51+/m1/s1. The number of carbonyl (C=O) groups excluding carboxylic acids is 9. The number of methoxy groups -OCH3 is 2. The number of ether oxygens (including phenoxy) is 6. The molecule has 2 aliphatic heterocycles. The highest BCUT2D eigenvalue weighted by Gasteiger charge is 2.43. The summed E-state index contributed by atoms with van der Waals surface area (Å²) in [4.78, 5) is 130. The molecule has 2 heterocycles. The molecule has 6 amide bonds. The molecule has 0 radical (unpaired) electrons. The highest BCUT2D eigenvalue weighted by atomic mass is 16.5. The molecule has 1 saturated heterocycles. The molecular weight excluding hydrogens is 1030 g/mol. The van der Waals surface area contributed by atoms with E-state index in [9.17, 15) is 43.2 Å². The molecule has 80 heavy (non-hydrogen) atoms. The third kappa shape index (κ3) is 19.4. The summed E-state index contributed by atoms with van der Waals surface area (Å²) < 4.78 is 34.7. The molecule has 2 aromatic carbocycles. The lowest BCUT2D eigenvalue weighted by Gasteiger charge is -2.36. The fourth-order valence-electron chi connectivity index (χ4n) is 9.00. The van der Waals surface area contributed by atoms with Gasteiger partial charge in [0, 0.05) is 40.3 Å². The molecule has 21 nitrogen and oxygen atoms in total. The maximum Gasteiger partial charge on any atom is 0.330 e. The lowest BCUT2D eigenvalue weighted by atomic mass is 9.87. The van der Waals surface area contributed by atoms with Crippen molar-refractivity contribution in [1.82, 2.24) is 30.2 Å². The first-order chi connectivity index (χ1) is 37.6. The highest BCUT2D eigenvalue weighted by Crippen LogP contribution is 2.33. The Hall–Kier alpha value is -7.03. The van der Waals surface area contributed by atoms with Gasteiger partial charge < -0.3 is 58.7 Å². The largest absolute Gasteiger partial charge is 0.493 e. The molecule has 0 unspecified atom stereocenters. The SMILES string of the molecule is COc1ccc(CC[C@H]2OC(=O)[C@@H]3CCCCN3C(=O)C(=O)C(C)(C)COC(=O)C=CCCN(C)C(=O)[C@H](C(C)C)NC(=O)[C@H](COC(C)(C)C)N(C)C(=O)[C@@H](CC(C)C)NC(=O)CN(C)C(=O)COc3cccc2c3)cc1OC. The smallest absolute Gasteiger partial charge is 0.330 e. The summed E-state index contributed by atoms with van der Waals surface area (Å²) in [6, 6.07) is 7.57. The topological polar surface area (TPSA) is 246 Å². The van der Waals surface area contributed by atoms with E-state index in [1.165, 1.54) is 62.9 Å². The van der Waals surface area contributed by atoms with Crippen LogP contribution in [0.4, 0.5) is 0 Å². The Labute approximate surface area is 471 Å². The number of hydrogen-bond donors (Lipinski definition) is 2. The van der Waals surface area contributed by atoms with Crippen molar-refractivity contribution in [1.29, 1.82) is 0 Å². The van der Waals surface area contributed by atoms with Gasteiger partial charge in [-0.1, -0.05) is 52.0 Å². The Morgan fingerprint density at radius 3 is 2.16 bits per heavy atom. The van der Waals surface area contributed by atoms with Crippen molar-refractivity contribution in [2.75, 3.05) is 74.8 Å². The number of carbonyl (C=O) groups is 9. The Morgan fingerprint density at radius 2 is 1.51 bits per heavy atom. The van der Waals surface area contributed by atoms with Gasteiger partial charge in [0.2, 0.25) is 29.4 Å². The van der Waals surface area contributed by atoms with Crippen LogP contribution in [-0.4, -0.2) is 177 Å². The molecular formula is C59H86N6O15. The lowest BCUT2D eigenvalue weighted by Crippen LogP contribution is -2.60. The van der Waals surface area contributed by atoms with Crippen LogP contribution >= 0.6 is 0 Å². The van der Waals surface area contributed by atoms with E-state index >= 15 is 0 Å². The number of amides is 6. The number of hydrogen-bond acceptors (Lipinski definition) is 15. The second-order valence-corrected chi connectivity index (χ2v) is 22.9. The molecule has 2 aliphatic rings. The molecule has 0 spiro atoms. The van der Waals surface area contributed by atoms with Crippen LogP contribution in [0.15, 0.2) is 54.6 Å². The number of benzene rings is 2. The average molecular weight is 1120 g/mol. The van der Waals surface area contributed by atoms with E-state index in [-0.39, 0.29) is 57.0 Å². The Bertz CT molecular complexity index is 2540. The third-order valence-corrected chi connectivity index (χ3v) is 13.8. The number of rotatable bonds is 10. The average Bonchev–Trinajstić information content (AvgIpc) is 3.41. The summed E-state index contributed by atoms with van der Waals surface area (Å²) >= 11 is 0. The fourth-order valence-corrected chi connectivity index (χ4v) is 9.00. The second kappa shape index (κ2) is 30.0. The van der Waals surface area contributed by atoms with Crippen molar-refractivity contribution in [3.8, 4) is 17.2 Å². The summed E-state index contributed by atoms with van der Waals surface area (Å²) in [7, 11) is 7.45. The molecule has 4 rings (SSSR count). The van der Waals surface area contributed by atoms with E-state index < -0.39 is 120 Å². The number of nitrogens with one attached hydrogen (secondary N) is 2. The first kappa shape index (κ1) is 65.5. The van der Waals surface area contributed by atoms with E-state index in [1.54, 1.807) is 72.0 Å². The number of ketones is 1. The number of cyclic esters (lactones) is 2. The minimum Gasteiger partial charge on any atom is -0.493 e. The van der Waals surface area contributed by atoms with Crippen LogP contribution in [-0.2, 0) is 63.8 Å². The summed E-state index contributed by atoms with van der Waals surface area (Å²) in [6.45, 7) is 14.2. The summed E-state index contributed by atoms with van der Waals surface area (Å²) in [5, 5.41) is 5.61. The van der Waals surface area contributed by atoms with Gasteiger partial charge >= 0.3 is 11.9 Å². The second-order valence-electron chi connectivity index (χ2n) is 22.9. The van der Waals surface area contributed by atoms with Crippen LogP contribution < -0.4 is 24.8 Å². The first-order valence-corrected chi connectivity index (χ1v) is 27.4. The van der Waals surface area contributed by atoms with Gasteiger partial charge in [-0.05, 0) is 127 Å². The van der Waals surface area contributed by atoms with Crippen molar-refractivity contribution < 1.29 is 71.6 Å². The van der Waals surface area contributed by atoms with Crippen LogP contribution in [0.2, 0.25) is 0 Å². The summed E-state index contributed by atoms with van der Waals surface area (Å²) in [5.41, 5.74) is -0.878. The van der Waals surface area contributed by atoms with E-state index in [2.05, 4.69) is 10.6 Å². The van der Waals surface area contributed by atoms with Crippen molar-refractivity contribution in [2.45, 2.75) is 143 Å². The van der Waals surface area contributed by atoms with Gasteiger partial charge in [0.25, 0.3) is 11.8 Å². The number of aryl methyl sites for hydroxylation is 1. The molecule has 0 aromatic heterocycles. The molecule has 442 valence electrons. The van der Waals surface area contributed by atoms with Crippen LogP contribution in [0.25, 0.3) is 0 Å². The van der Waals surface area contributed by atoms with E-state index in [4.69, 9.17) is 28.4 Å². The van der Waals surface area contributed by atoms with Gasteiger partial charge in [0.05, 0.1) is 38.4 Å². The van der Waals surface area contributed by atoms with Crippen molar-refractivity contribution in [3.63, 3.8) is 0 Å². The third-order valence-electron chi connectivity index (χ3n) is 13.8. The normalized spacial score (nSPS) is 22.7. The zero-order valence-electron chi connectivity index (χ0n) is 49.3. The monoisotopic (exact) mass is 1120 g/mol. The minimum atomic E-state index is -1.49. The predicted octanol–water partition coefficient (Wildman–Crippen LogP) is 5.01. The number of fused-ring (bicyclic) bond motifs is 3. The lowest BCUT2D eigenvalue weighted by molar-refractivity contribution is -0.165. The van der Waals surface area contributed by atoms with E-state index in [1.807, 2.05) is 26.0 Å². The molecule has 2 N–H and O–H groups in total. The molecule has 2 aromatic rings. The minimum absolute atomic E-state index is 0.0952. The number of esters is 2. The Balaban J connectivity index is 1.70. The Kier molecular flexibility index (Phi) is 24.5. The van der Waals surface area contributed by atoms with Crippen LogP contribution in [0.5, 0.6) is 17.2 Å². The zero-order chi connectivity index (χ0) is 59.6. The highest BCUT2D eigenvalue weighted by molar-refractivity contribution is 6.38. The number of Topliss-reactive ketones (excluding diaryl/α,β-unsaturated/α-hetero) is 1. The molecule has 1 fully saturated rings. The fraction of sp³-hybridized carbons (Fsp3) is 0.610. The van der Waals surface area contributed by atoms with Crippen molar-refractivity contribution in [2.24, 2.45) is 17.3 Å². The van der Waals surface area contributed by atoms with E-state index in [0.29, 0.717) is 36.3 Å². The number of piperidine rings is 1. The number of likely N-dealkylation sites (N-methyl/N-ethyl adjacent to an activating group) is 3. The summed E-state index contributed by atoms with van der Waals surface area (Å²) in [5.74, 6) is -5.45. The zero-order valence-corrected chi connectivity index (χ0v) is 49.3. The molecule has 2 bridgehead atoms. The van der Waals surface area contributed by atoms with Crippen LogP contribution in [0.3, 0.4) is 0 Å². The van der Waals surface area contributed by atoms with Crippen molar-refractivity contribution >= 4 is 53.2 Å². The molecule has 0 aliphatic carbocycles. The van der Waals surface area contributed by atoms with Gasteiger partial charge in [0.1, 0.15) is 42.6 Å². The van der Waals surface area contributed by atoms with Gasteiger partial charge in [-0.3, -0.25) is 33.6 Å². The predicted molar refractivity (Wildman–Crippen MR) is 297 cm³/mol. The molecule has 5 atom stereocenters. The van der Waals surface area contributed by atoms with E-state index in [0.717, 1.165) is 16.5 Å². The maximum atomic E-state index is 14.4. The quantitative estimate of drug-likeness (QED) is 0.235. The first-order valence-electron chi connectivity index (χ1n) is 27.4. The number of nitrogens with zero attached hydrogens (tertiary/aromatic N) is 4. The molecule has 21 heteroatoms. The van der Waals surface area contributed by atoms with Gasteiger partial charge in [-0.25, -0.2) is 9.59 Å². The Morgan fingerprint density at radius 1 is 0.812 bits per heavy atom. The maximum absolute atomic E-state index is 14.4.